The number of carbonyl (C=O) groups is 4. The van der Waals surface area contributed by atoms with E-state index in [1.54, 1.807) is 0 Å². The highest BCUT2D eigenvalue weighted by molar-refractivity contribution is 6.32. The fourth-order valence-corrected chi connectivity index (χ4v) is 5.85. The van der Waals surface area contributed by atoms with Gasteiger partial charge < -0.3 is 23.8 Å². The lowest BCUT2D eigenvalue weighted by atomic mass is 9.91. The molecule has 1 spiro atoms. The molecule has 0 saturated carbocycles. The molecular formula is C24H26N4O7. The molecule has 4 fully saturated rings. The molecule has 3 amide bonds. The SMILES string of the molecule is O=C1OC2(OC1=O)C(=O)N(CCCN1CCC(c3noc4ccccc34)CC1)C(=O)N1CCCC12. The number of piperidine rings is 1. The van der Waals surface area contributed by atoms with E-state index in [0.717, 1.165) is 47.5 Å². The zero-order valence-corrected chi connectivity index (χ0v) is 19.2. The second-order valence-corrected chi connectivity index (χ2v) is 9.57. The van der Waals surface area contributed by atoms with Crippen molar-refractivity contribution in [3.05, 3.63) is 30.0 Å². The van der Waals surface area contributed by atoms with Crippen LogP contribution in [0.15, 0.2) is 28.8 Å². The minimum atomic E-state index is -2.04. The Balaban J connectivity index is 1.07. The van der Waals surface area contributed by atoms with Crippen LogP contribution in [-0.4, -0.2) is 88.3 Å². The molecule has 35 heavy (non-hydrogen) atoms. The Hall–Kier alpha value is -3.47. The number of hydrogen-bond donors (Lipinski definition) is 0. The van der Waals surface area contributed by atoms with E-state index in [1.165, 1.54) is 4.90 Å². The summed E-state index contributed by atoms with van der Waals surface area (Å²) in [5.41, 5.74) is 1.81. The molecular weight excluding hydrogens is 456 g/mol. The van der Waals surface area contributed by atoms with Gasteiger partial charge in [0.15, 0.2) is 5.58 Å². The number of likely N-dealkylation sites (tertiary alicyclic amines) is 1. The first kappa shape index (κ1) is 22.0. The Morgan fingerprint density at radius 3 is 2.46 bits per heavy atom. The van der Waals surface area contributed by atoms with Gasteiger partial charge in [-0.3, -0.25) is 9.69 Å². The van der Waals surface area contributed by atoms with Gasteiger partial charge in [-0.25, -0.2) is 14.4 Å². The highest BCUT2D eigenvalue weighted by Gasteiger charge is 2.68. The summed E-state index contributed by atoms with van der Waals surface area (Å²) in [6.45, 7) is 3.04. The van der Waals surface area contributed by atoms with Crippen LogP contribution < -0.4 is 0 Å². The van der Waals surface area contributed by atoms with Crippen molar-refractivity contribution in [2.75, 3.05) is 32.7 Å². The quantitative estimate of drug-likeness (QED) is 0.462. The Morgan fingerprint density at radius 2 is 1.69 bits per heavy atom. The number of aromatic nitrogens is 1. The van der Waals surface area contributed by atoms with Gasteiger partial charge in [0, 0.05) is 24.4 Å². The summed E-state index contributed by atoms with van der Waals surface area (Å²) in [5, 5.41) is 5.37. The second-order valence-electron chi connectivity index (χ2n) is 9.57. The molecule has 0 radical (unpaired) electrons. The van der Waals surface area contributed by atoms with Gasteiger partial charge in [0.1, 0.15) is 6.04 Å². The Bertz CT molecular complexity index is 1190. The van der Waals surface area contributed by atoms with E-state index in [4.69, 9.17) is 14.0 Å². The topological polar surface area (TPSA) is 122 Å². The maximum Gasteiger partial charge on any atom is 0.421 e. The van der Waals surface area contributed by atoms with Gasteiger partial charge in [-0.05, 0) is 63.9 Å². The van der Waals surface area contributed by atoms with Gasteiger partial charge in [-0.1, -0.05) is 17.3 Å². The summed E-state index contributed by atoms with van der Waals surface area (Å²) in [5.74, 6) is -4.86. The largest absolute Gasteiger partial charge is 0.421 e. The van der Waals surface area contributed by atoms with Gasteiger partial charge in [-0.15, -0.1) is 0 Å². The minimum absolute atomic E-state index is 0.158. The van der Waals surface area contributed by atoms with Gasteiger partial charge >= 0.3 is 29.7 Å². The van der Waals surface area contributed by atoms with Crippen molar-refractivity contribution in [1.29, 1.82) is 0 Å². The van der Waals surface area contributed by atoms with Crippen LogP contribution in [0.1, 0.15) is 43.7 Å². The highest BCUT2D eigenvalue weighted by Crippen LogP contribution is 2.40. The average Bonchev–Trinajstić information content (AvgIpc) is 3.59. The number of amides is 3. The summed E-state index contributed by atoms with van der Waals surface area (Å²) >= 11 is 0. The van der Waals surface area contributed by atoms with Crippen molar-refractivity contribution in [1.82, 2.24) is 19.9 Å². The number of esters is 2. The number of imide groups is 1. The number of urea groups is 1. The van der Waals surface area contributed by atoms with Crippen molar-refractivity contribution < 1.29 is 33.2 Å². The van der Waals surface area contributed by atoms with E-state index in [1.807, 2.05) is 24.3 Å². The minimum Gasteiger partial charge on any atom is -0.403 e. The molecule has 4 aliphatic rings. The van der Waals surface area contributed by atoms with Crippen molar-refractivity contribution in [2.24, 2.45) is 0 Å². The van der Waals surface area contributed by atoms with Gasteiger partial charge in [-0.2, -0.15) is 0 Å². The number of rotatable bonds is 5. The lowest BCUT2D eigenvalue weighted by molar-refractivity contribution is -0.217. The van der Waals surface area contributed by atoms with E-state index in [9.17, 15) is 19.2 Å². The molecule has 4 saturated heterocycles. The lowest BCUT2D eigenvalue weighted by Crippen LogP contribution is -2.70. The predicted octanol–water partition coefficient (Wildman–Crippen LogP) is 1.62. The first-order valence-electron chi connectivity index (χ1n) is 12.1. The van der Waals surface area contributed by atoms with Crippen molar-refractivity contribution in [2.45, 2.75) is 49.9 Å². The highest BCUT2D eigenvalue weighted by atomic mass is 16.8. The van der Waals surface area contributed by atoms with E-state index < -0.39 is 35.7 Å². The maximum atomic E-state index is 13.3. The number of benzene rings is 1. The molecule has 1 atom stereocenters. The van der Waals surface area contributed by atoms with Gasteiger partial charge in [0.2, 0.25) is 0 Å². The standard InChI is InChI=1S/C24H26N4O7/c29-20-21(30)34-24(33-20)18-7-3-11-27(18)23(32)28(22(24)31)12-4-10-26-13-8-15(9-14-26)19-16-5-1-2-6-17(16)35-25-19/h1-2,5-6,15,18H,3-4,7-14H2. The average molecular weight is 482 g/mol. The Kier molecular flexibility index (Phi) is 5.24. The number of carbonyl (C=O) groups excluding carboxylic acids is 4. The fraction of sp³-hybridized carbons (Fsp3) is 0.542. The van der Waals surface area contributed by atoms with Crippen LogP contribution in [0.2, 0.25) is 0 Å². The van der Waals surface area contributed by atoms with Crippen molar-refractivity contribution >= 4 is 34.8 Å². The Morgan fingerprint density at radius 1 is 0.943 bits per heavy atom. The number of hydrogen-bond acceptors (Lipinski definition) is 9. The summed E-state index contributed by atoms with van der Waals surface area (Å²) in [7, 11) is 0. The third kappa shape index (κ3) is 3.48. The molecule has 2 aromatic rings. The van der Waals surface area contributed by atoms with E-state index >= 15 is 0 Å². The molecule has 1 aromatic heterocycles. The summed E-state index contributed by atoms with van der Waals surface area (Å²) in [4.78, 5) is 54.7. The molecule has 0 N–H and O–H groups in total. The molecule has 184 valence electrons. The third-order valence-electron chi connectivity index (χ3n) is 7.60. The molecule has 1 aromatic carbocycles. The predicted molar refractivity (Wildman–Crippen MR) is 119 cm³/mol. The molecule has 0 bridgehead atoms. The van der Waals surface area contributed by atoms with Crippen LogP contribution >= 0.6 is 0 Å². The van der Waals surface area contributed by atoms with E-state index in [0.29, 0.717) is 38.3 Å². The normalized spacial score (nSPS) is 25.0. The smallest absolute Gasteiger partial charge is 0.403 e. The van der Waals surface area contributed by atoms with Gasteiger partial charge in [0.25, 0.3) is 0 Å². The van der Waals surface area contributed by atoms with Crippen LogP contribution in [0, 0.1) is 0 Å². The van der Waals surface area contributed by atoms with Crippen molar-refractivity contribution in [3.8, 4) is 0 Å². The third-order valence-corrected chi connectivity index (χ3v) is 7.60. The molecule has 6 rings (SSSR count). The molecule has 1 unspecified atom stereocenters. The summed E-state index contributed by atoms with van der Waals surface area (Å²) < 4.78 is 15.8. The molecule has 5 heterocycles. The molecule has 11 heteroatoms. The lowest BCUT2D eigenvalue weighted by Gasteiger charge is -2.44. The first-order chi connectivity index (χ1) is 17.0. The van der Waals surface area contributed by atoms with Gasteiger partial charge in [0.05, 0.1) is 5.69 Å². The first-order valence-corrected chi connectivity index (χ1v) is 12.1. The van der Waals surface area contributed by atoms with E-state index in [-0.39, 0.29) is 6.54 Å². The van der Waals surface area contributed by atoms with E-state index in [2.05, 4.69) is 10.1 Å². The molecule has 4 aliphatic heterocycles. The fourth-order valence-electron chi connectivity index (χ4n) is 5.85. The number of fused-ring (bicyclic) bond motifs is 3. The molecule has 0 aliphatic carbocycles. The zero-order valence-electron chi connectivity index (χ0n) is 19.2. The van der Waals surface area contributed by atoms with Crippen LogP contribution in [0.5, 0.6) is 0 Å². The maximum absolute atomic E-state index is 13.3. The monoisotopic (exact) mass is 482 g/mol. The van der Waals surface area contributed by atoms with Crippen LogP contribution in [0.25, 0.3) is 11.0 Å². The van der Waals surface area contributed by atoms with Crippen LogP contribution in [0.3, 0.4) is 0 Å². The second kappa shape index (κ2) is 8.33. The van der Waals surface area contributed by atoms with Crippen LogP contribution in [-0.2, 0) is 23.9 Å². The summed E-state index contributed by atoms with van der Waals surface area (Å²) in [6, 6.07) is 6.70. The summed E-state index contributed by atoms with van der Waals surface area (Å²) in [6.07, 6.45) is 3.53. The van der Waals surface area contributed by atoms with Crippen molar-refractivity contribution in [3.63, 3.8) is 0 Å². The van der Waals surface area contributed by atoms with Crippen LogP contribution in [0.4, 0.5) is 4.79 Å². The Labute approximate surface area is 200 Å². The zero-order chi connectivity index (χ0) is 24.2. The number of ether oxygens (including phenoxy) is 2. The number of nitrogens with zero attached hydrogens (tertiary/aromatic N) is 4. The molecule has 11 nitrogen and oxygen atoms in total. The number of para-hydroxylation sites is 1.